The van der Waals surface area contributed by atoms with Crippen LogP contribution in [0.2, 0.25) is 0 Å². The number of Topliss-reactive ketones (excluding diaryl/α,β-unsaturated/α-hetero) is 1. The Morgan fingerprint density at radius 3 is 2.50 bits per heavy atom. The van der Waals surface area contributed by atoms with Crippen molar-refractivity contribution in [2.24, 2.45) is 11.3 Å². The largest absolute Gasteiger partial charge is 0.464 e. The van der Waals surface area contributed by atoms with Gasteiger partial charge in [0.2, 0.25) is 5.78 Å². The molecule has 1 atom stereocenters. The second-order valence-electron chi connectivity index (χ2n) is 7.39. The summed E-state index contributed by atoms with van der Waals surface area (Å²) in [5.41, 5.74) is 0.323. The van der Waals surface area contributed by atoms with Crippen LogP contribution in [-0.4, -0.2) is 35.3 Å². The third-order valence-corrected chi connectivity index (χ3v) is 4.49. The fourth-order valence-electron chi connectivity index (χ4n) is 2.26. The average molecular weight is 362 g/mol. The number of carbonyl (C=O) groups is 3. The molecule has 6 nitrogen and oxygen atoms in total. The van der Waals surface area contributed by atoms with Gasteiger partial charge in [-0.2, -0.15) is 0 Å². The molecule has 0 unspecified atom stereocenters. The summed E-state index contributed by atoms with van der Waals surface area (Å²) in [5.74, 6) is -1.94. The molecule has 1 heterocycles. The first kappa shape index (κ1) is 21.8. The van der Waals surface area contributed by atoms with Gasteiger partial charge in [0.05, 0.1) is 6.61 Å². The van der Waals surface area contributed by atoms with E-state index in [1.807, 2.05) is 19.1 Å². The van der Waals surface area contributed by atoms with Gasteiger partial charge < -0.3 is 10.1 Å². The molecule has 1 N–H and O–H groups in total. The molecule has 26 heavy (non-hydrogen) atoms. The van der Waals surface area contributed by atoms with E-state index in [9.17, 15) is 14.4 Å². The predicted octanol–water partition coefficient (Wildman–Crippen LogP) is 2.70. The minimum absolute atomic E-state index is 0.178. The molecule has 0 aliphatic carbocycles. The Balaban J connectivity index is 2.53. The molecular weight excluding hydrogens is 332 g/mol. The number of carbonyl (C=O) groups excluding carboxylic acids is 3. The van der Waals surface area contributed by atoms with Gasteiger partial charge in [-0.3, -0.25) is 14.6 Å². The Bertz CT molecular complexity index is 611. The Morgan fingerprint density at radius 1 is 1.27 bits per heavy atom. The topological polar surface area (TPSA) is 85.4 Å². The Kier molecular flexibility index (Phi) is 8.42. The van der Waals surface area contributed by atoms with Gasteiger partial charge in [-0.1, -0.05) is 40.7 Å². The zero-order valence-electron chi connectivity index (χ0n) is 16.4. The third-order valence-electron chi connectivity index (χ3n) is 4.49. The number of pyridine rings is 1. The monoisotopic (exact) mass is 362 g/mol. The third kappa shape index (κ3) is 6.58. The van der Waals surface area contributed by atoms with Crippen LogP contribution >= 0.6 is 0 Å². The zero-order chi connectivity index (χ0) is 19.7. The van der Waals surface area contributed by atoms with Gasteiger partial charge in [-0.15, -0.1) is 0 Å². The van der Waals surface area contributed by atoms with Crippen LogP contribution in [-0.2, 0) is 25.5 Å². The summed E-state index contributed by atoms with van der Waals surface area (Å²) in [4.78, 5) is 40.8. The van der Waals surface area contributed by atoms with Gasteiger partial charge in [0.15, 0.2) is 0 Å². The van der Waals surface area contributed by atoms with Crippen molar-refractivity contribution in [2.45, 2.75) is 59.9 Å². The average Bonchev–Trinajstić information content (AvgIpc) is 2.62. The van der Waals surface area contributed by atoms with Crippen molar-refractivity contribution in [3.05, 3.63) is 30.1 Å². The minimum atomic E-state index is -0.836. The van der Waals surface area contributed by atoms with E-state index in [0.717, 1.165) is 12.0 Å². The maximum absolute atomic E-state index is 12.3. The van der Waals surface area contributed by atoms with Crippen molar-refractivity contribution in [3.63, 3.8) is 0 Å². The Hall–Kier alpha value is -2.24. The lowest BCUT2D eigenvalue weighted by atomic mass is 9.84. The summed E-state index contributed by atoms with van der Waals surface area (Å²) in [7, 11) is 0. The highest BCUT2D eigenvalue weighted by Gasteiger charge is 2.34. The van der Waals surface area contributed by atoms with E-state index in [1.165, 1.54) is 0 Å². The standard InChI is InChI=1S/C20H30N2O4/c1-6-20(4,5)17(23)18(24)22-16(14(2)3)19(25)26-12-8-10-15-9-7-11-21-13-15/h7,9,11,13-14,16H,6,8,10,12H2,1-5H3,(H,22,24)/t16-/m0/s1. The molecule has 0 aliphatic heterocycles. The molecule has 1 aromatic heterocycles. The second kappa shape index (κ2) is 10.0. The normalized spacial score (nSPS) is 12.5. The summed E-state index contributed by atoms with van der Waals surface area (Å²) in [6.07, 6.45) is 5.45. The van der Waals surface area contributed by atoms with Crippen molar-refractivity contribution in [3.8, 4) is 0 Å². The number of ketones is 1. The van der Waals surface area contributed by atoms with Crippen LogP contribution in [0.4, 0.5) is 0 Å². The van der Waals surface area contributed by atoms with Gasteiger partial charge in [0, 0.05) is 17.8 Å². The van der Waals surface area contributed by atoms with Crippen LogP contribution in [0, 0.1) is 11.3 Å². The fraction of sp³-hybridized carbons (Fsp3) is 0.600. The molecule has 1 aromatic rings. The smallest absolute Gasteiger partial charge is 0.328 e. The van der Waals surface area contributed by atoms with Crippen molar-refractivity contribution in [2.75, 3.05) is 6.61 Å². The van der Waals surface area contributed by atoms with Gasteiger partial charge in [-0.05, 0) is 36.8 Å². The summed E-state index contributed by atoms with van der Waals surface area (Å²) in [6.45, 7) is 9.14. The lowest BCUT2D eigenvalue weighted by molar-refractivity contribution is -0.151. The van der Waals surface area contributed by atoms with Gasteiger partial charge in [0.1, 0.15) is 6.04 Å². The lowest BCUT2D eigenvalue weighted by Crippen LogP contribution is -2.50. The van der Waals surface area contributed by atoms with Crippen LogP contribution in [0.25, 0.3) is 0 Å². The molecule has 6 heteroatoms. The highest BCUT2D eigenvalue weighted by Crippen LogP contribution is 2.21. The number of ether oxygens (including phenoxy) is 1. The number of nitrogens with zero attached hydrogens (tertiary/aromatic N) is 1. The van der Waals surface area contributed by atoms with Crippen molar-refractivity contribution in [1.29, 1.82) is 0 Å². The summed E-state index contributed by atoms with van der Waals surface area (Å²) in [6, 6.07) is 2.99. The molecule has 1 rings (SSSR count). The summed E-state index contributed by atoms with van der Waals surface area (Å²) in [5, 5.41) is 2.54. The Labute approximate surface area is 155 Å². The van der Waals surface area contributed by atoms with E-state index < -0.39 is 29.1 Å². The summed E-state index contributed by atoms with van der Waals surface area (Å²) >= 11 is 0. The van der Waals surface area contributed by atoms with Gasteiger partial charge in [0.25, 0.3) is 5.91 Å². The first-order valence-electron chi connectivity index (χ1n) is 9.10. The zero-order valence-corrected chi connectivity index (χ0v) is 16.4. The second-order valence-corrected chi connectivity index (χ2v) is 7.39. The number of hydrogen-bond donors (Lipinski definition) is 1. The maximum atomic E-state index is 12.3. The first-order valence-corrected chi connectivity index (χ1v) is 9.10. The van der Waals surface area contributed by atoms with Gasteiger partial charge in [-0.25, -0.2) is 4.79 Å². The van der Waals surface area contributed by atoms with E-state index >= 15 is 0 Å². The van der Waals surface area contributed by atoms with Crippen LogP contribution in [0.1, 0.15) is 53.0 Å². The highest BCUT2D eigenvalue weighted by molar-refractivity contribution is 6.38. The van der Waals surface area contributed by atoms with Gasteiger partial charge >= 0.3 is 5.97 Å². The maximum Gasteiger partial charge on any atom is 0.328 e. The van der Waals surface area contributed by atoms with E-state index in [2.05, 4.69) is 10.3 Å². The Morgan fingerprint density at radius 2 is 1.96 bits per heavy atom. The van der Waals surface area contributed by atoms with Crippen molar-refractivity contribution < 1.29 is 19.1 Å². The SMILES string of the molecule is CCC(C)(C)C(=O)C(=O)N[C@H](C(=O)OCCCc1cccnc1)C(C)C. The predicted molar refractivity (Wildman–Crippen MR) is 99.4 cm³/mol. The molecule has 0 fully saturated rings. The molecule has 1 amide bonds. The lowest BCUT2D eigenvalue weighted by Gasteiger charge is -2.24. The van der Waals surface area contributed by atoms with Crippen molar-refractivity contribution >= 4 is 17.7 Å². The van der Waals surface area contributed by atoms with Crippen LogP contribution in [0.5, 0.6) is 0 Å². The molecule has 0 saturated heterocycles. The summed E-state index contributed by atoms with van der Waals surface area (Å²) < 4.78 is 5.29. The molecular formula is C20H30N2O4. The number of esters is 1. The molecule has 0 saturated carbocycles. The number of rotatable bonds is 10. The van der Waals surface area contributed by atoms with E-state index in [4.69, 9.17) is 4.74 Å². The molecule has 0 aliphatic rings. The number of aromatic nitrogens is 1. The highest BCUT2D eigenvalue weighted by atomic mass is 16.5. The van der Waals surface area contributed by atoms with Crippen LogP contribution < -0.4 is 5.32 Å². The minimum Gasteiger partial charge on any atom is -0.464 e. The molecule has 144 valence electrons. The number of amides is 1. The molecule has 0 spiro atoms. The van der Waals surface area contributed by atoms with Crippen LogP contribution in [0.15, 0.2) is 24.5 Å². The molecule has 0 aromatic carbocycles. The quantitative estimate of drug-likeness (QED) is 0.393. The van der Waals surface area contributed by atoms with Crippen LogP contribution in [0.3, 0.4) is 0 Å². The van der Waals surface area contributed by atoms with E-state index in [-0.39, 0.29) is 12.5 Å². The first-order chi connectivity index (χ1) is 12.2. The number of hydrogen-bond acceptors (Lipinski definition) is 5. The number of aryl methyl sites for hydroxylation is 1. The van der Waals surface area contributed by atoms with Crippen molar-refractivity contribution in [1.82, 2.24) is 10.3 Å². The molecule has 0 bridgehead atoms. The van der Waals surface area contributed by atoms with E-state index in [0.29, 0.717) is 12.8 Å². The fourth-order valence-corrected chi connectivity index (χ4v) is 2.26. The van der Waals surface area contributed by atoms with E-state index in [1.54, 1.807) is 40.1 Å². The molecule has 0 radical (unpaired) electrons. The number of nitrogens with one attached hydrogen (secondary N) is 1.